The van der Waals surface area contributed by atoms with Crippen molar-refractivity contribution in [2.75, 3.05) is 39.8 Å². The highest BCUT2D eigenvalue weighted by molar-refractivity contribution is 7.09. The molecule has 1 aromatic rings. The molecular formula is C16H26F3N5S. The van der Waals surface area contributed by atoms with Crippen molar-refractivity contribution in [1.29, 1.82) is 0 Å². The second-order valence-corrected chi connectivity index (χ2v) is 7.48. The van der Waals surface area contributed by atoms with Gasteiger partial charge in [-0.1, -0.05) is 0 Å². The molecule has 2 heterocycles. The van der Waals surface area contributed by atoms with Gasteiger partial charge < -0.3 is 10.2 Å². The number of hydrogen-bond donors (Lipinski definition) is 1. The van der Waals surface area contributed by atoms with Crippen LogP contribution < -0.4 is 5.32 Å². The van der Waals surface area contributed by atoms with E-state index in [2.05, 4.69) is 15.3 Å². The van der Waals surface area contributed by atoms with Crippen molar-refractivity contribution in [3.8, 4) is 0 Å². The number of aliphatic imine (C=N–C) groups is 1. The number of aromatic nitrogens is 1. The van der Waals surface area contributed by atoms with E-state index in [1.807, 2.05) is 31.2 Å². The number of alkyl halides is 3. The topological polar surface area (TPSA) is 43.8 Å². The van der Waals surface area contributed by atoms with Crippen LogP contribution in [0, 0.1) is 12.8 Å². The Morgan fingerprint density at radius 2 is 2.28 bits per heavy atom. The lowest BCUT2D eigenvalue weighted by molar-refractivity contribution is -0.143. The van der Waals surface area contributed by atoms with Gasteiger partial charge in [-0.2, -0.15) is 13.2 Å². The van der Waals surface area contributed by atoms with Gasteiger partial charge in [0.05, 0.1) is 23.8 Å². The van der Waals surface area contributed by atoms with Gasteiger partial charge >= 0.3 is 6.18 Å². The fraction of sp³-hybridized carbons (Fsp3) is 0.750. The molecule has 0 saturated carbocycles. The molecule has 1 fully saturated rings. The summed E-state index contributed by atoms with van der Waals surface area (Å²) in [5.41, 5.74) is 0.993. The van der Waals surface area contributed by atoms with E-state index in [0.29, 0.717) is 26.2 Å². The first-order valence-electron chi connectivity index (χ1n) is 8.46. The zero-order chi connectivity index (χ0) is 18.4. The summed E-state index contributed by atoms with van der Waals surface area (Å²) in [5.74, 6) is 0.938. The summed E-state index contributed by atoms with van der Waals surface area (Å²) in [6.07, 6.45) is -3.37. The Bertz CT molecular complexity index is 572. The second kappa shape index (κ2) is 8.84. The fourth-order valence-electron chi connectivity index (χ4n) is 2.94. The highest BCUT2D eigenvalue weighted by Gasteiger charge is 2.34. The number of aryl methyl sites for hydroxylation is 1. The standard InChI is InChI=1S/C16H26F3N5S/c1-4-20-15(23(3)9-14-10-25-12(2)22-14)21-7-13-5-6-24(8-13)11-16(17,18)19/h10,13H,4-9,11H2,1-3H3,(H,20,21). The van der Waals surface area contributed by atoms with Crippen molar-refractivity contribution in [1.82, 2.24) is 20.1 Å². The molecule has 2 rings (SSSR count). The van der Waals surface area contributed by atoms with Gasteiger partial charge in [-0.25, -0.2) is 4.98 Å². The molecule has 0 aromatic carbocycles. The monoisotopic (exact) mass is 377 g/mol. The van der Waals surface area contributed by atoms with Crippen molar-refractivity contribution in [3.05, 3.63) is 16.1 Å². The minimum Gasteiger partial charge on any atom is -0.357 e. The van der Waals surface area contributed by atoms with Crippen LogP contribution in [0.1, 0.15) is 24.0 Å². The van der Waals surface area contributed by atoms with Crippen LogP contribution in [0.2, 0.25) is 0 Å². The average Bonchev–Trinajstić information content (AvgIpc) is 3.10. The molecule has 0 bridgehead atoms. The zero-order valence-corrected chi connectivity index (χ0v) is 15.8. The Kier molecular flexibility index (Phi) is 7.06. The summed E-state index contributed by atoms with van der Waals surface area (Å²) in [4.78, 5) is 12.6. The molecule has 1 aromatic heterocycles. The smallest absolute Gasteiger partial charge is 0.357 e. The largest absolute Gasteiger partial charge is 0.401 e. The van der Waals surface area contributed by atoms with E-state index < -0.39 is 12.7 Å². The van der Waals surface area contributed by atoms with Crippen LogP contribution in [0.5, 0.6) is 0 Å². The normalized spacial score (nSPS) is 19.4. The van der Waals surface area contributed by atoms with E-state index in [4.69, 9.17) is 0 Å². The number of nitrogens with one attached hydrogen (secondary N) is 1. The van der Waals surface area contributed by atoms with Crippen molar-refractivity contribution >= 4 is 17.3 Å². The lowest BCUT2D eigenvalue weighted by atomic mass is 10.1. The lowest BCUT2D eigenvalue weighted by Crippen LogP contribution is -2.39. The molecular weight excluding hydrogens is 351 g/mol. The molecule has 0 radical (unpaired) electrons. The van der Waals surface area contributed by atoms with Gasteiger partial charge in [-0.05, 0) is 32.7 Å². The number of thiazole rings is 1. The van der Waals surface area contributed by atoms with Crippen LogP contribution in [-0.2, 0) is 6.54 Å². The van der Waals surface area contributed by atoms with Gasteiger partial charge in [-0.15, -0.1) is 11.3 Å². The van der Waals surface area contributed by atoms with Crippen LogP contribution in [0.15, 0.2) is 10.4 Å². The van der Waals surface area contributed by atoms with Crippen molar-refractivity contribution in [3.63, 3.8) is 0 Å². The van der Waals surface area contributed by atoms with Crippen molar-refractivity contribution in [2.45, 2.75) is 33.0 Å². The number of likely N-dealkylation sites (tertiary alicyclic amines) is 1. The first-order valence-corrected chi connectivity index (χ1v) is 9.34. The molecule has 0 spiro atoms. The predicted octanol–water partition coefficient (Wildman–Crippen LogP) is 2.73. The number of hydrogen-bond acceptors (Lipinski definition) is 4. The van der Waals surface area contributed by atoms with Crippen LogP contribution >= 0.6 is 11.3 Å². The van der Waals surface area contributed by atoms with Gasteiger partial charge in [0.2, 0.25) is 0 Å². The third kappa shape index (κ3) is 6.81. The van der Waals surface area contributed by atoms with Gasteiger partial charge in [0, 0.05) is 32.1 Å². The van der Waals surface area contributed by atoms with E-state index in [1.54, 1.807) is 11.3 Å². The molecule has 1 saturated heterocycles. The average molecular weight is 377 g/mol. The molecule has 0 amide bonds. The Labute approximate surface area is 150 Å². The Morgan fingerprint density at radius 3 is 2.88 bits per heavy atom. The van der Waals surface area contributed by atoms with E-state index in [-0.39, 0.29) is 5.92 Å². The molecule has 0 aliphatic carbocycles. The van der Waals surface area contributed by atoms with Crippen LogP contribution in [0.4, 0.5) is 13.2 Å². The third-order valence-electron chi connectivity index (χ3n) is 4.03. The molecule has 1 aliphatic rings. The van der Waals surface area contributed by atoms with Crippen LogP contribution in [0.3, 0.4) is 0 Å². The van der Waals surface area contributed by atoms with E-state index in [1.165, 1.54) is 4.90 Å². The first kappa shape index (κ1) is 20.0. The SMILES string of the molecule is CCNC(=NCC1CCN(CC(F)(F)F)C1)N(C)Cc1csc(C)n1. The maximum atomic E-state index is 12.5. The Balaban J connectivity index is 1.88. The van der Waals surface area contributed by atoms with Gasteiger partial charge in [0.15, 0.2) is 5.96 Å². The minimum absolute atomic E-state index is 0.172. The fourth-order valence-corrected chi connectivity index (χ4v) is 3.55. The number of halogens is 3. The summed E-state index contributed by atoms with van der Waals surface area (Å²) >= 11 is 1.61. The Hall–Kier alpha value is -1.35. The molecule has 25 heavy (non-hydrogen) atoms. The van der Waals surface area contributed by atoms with Crippen molar-refractivity contribution < 1.29 is 13.2 Å². The highest BCUT2D eigenvalue weighted by atomic mass is 32.1. The van der Waals surface area contributed by atoms with E-state index in [9.17, 15) is 13.2 Å². The molecule has 5 nitrogen and oxygen atoms in total. The maximum absolute atomic E-state index is 12.5. The van der Waals surface area contributed by atoms with Crippen molar-refractivity contribution in [2.24, 2.45) is 10.9 Å². The molecule has 1 aliphatic heterocycles. The van der Waals surface area contributed by atoms with Gasteiger partial charge in [-0.3, -0.25) is 9.89 Å². The predicted molar refractivity (Wildman–Crippen MR) is 94.9 cm³/mol. The van der Waals surface area contributed by atoms with E-state index in [0.717, 1.165) is 29.6 Å². The molecule has 1 unspecified atom stereocenters. The summed E-state index contributed by atoms with van der Waals surface area (Å²) in [6.45, 7) is 6.03. The summed E-state index contributed by atoms with van der Waals surface area (Å²) < 4.78 is 37.4. The van der Waals surface area contributed by atoms with Crippen LogP contribution in [-0.4, -0.2) is 66.7 Å². The van der Waals surface area contributed by atoms with E-state index >= 15 is 0 Å². The number of rotatable bonds is 6. The molecule has 1 atom stereocenters. The zero-order valence-electron chi connectivity index (χ0n) is 14.9. The summed E-state index contributed by atoms with van der Waals surface area (Å²) in [7, 11) is 1.95. The third-order valence-corrected chi connectivity index (χ3v) is 4.86. The summed E-state index contributed by atoms with van der Waals surface area (Å²) in [5, 5.41) is 6.30. The molecule has 9 heteroatoms. The van der Waals surface area contributed by atoms with Gasteiger partial charge in [0.1, 0.15) is 0 Å². The first-order chi connectivity index (χ1) is 11.8. The van der Waals surface area contributed by atoms with Gasteiger partial charge in [0.25, 0.3) is 0 Å². The molecule has 142 valence electrons. The Morgan fingerprint density at radius 1 is 1.52 bits per heavy atom. The summed E-state index contributed by atoms with van der Waals surface area (Å²) in [6, 6.07) is 0. The quantitative estimate of drug-likeness (QED) is 0.612. The lowest BCUT2D eigenvalue weighted by Gasteiger charge is -2.22. The minimum atomic E-state index is -4.13. The second-order valence-electron chi connectivity index (χ2n) is 6.41. The number of guanidine groups is 1. The van der Waals surface area contributed by atoms with Crippen LogP contribution in [0.25, 0.3) is 0 Å². The number of nitrogens with zero attached hydrogens (tertiary/aromatic N) is 4. The highest BCUT2D eigenvalue weighted by Crippen LogP contribution is 2.23. The maximum Gasteiger partial charge on any atom is 0.401 e. The molecule has 1 N–H and O–H groups in total.